The highest BCUT2D eigenvalue weighted by Gasteiger charge is 2.16. The predicted molar refractivity (Wildman–Crippen MR) is 297 cm³/mol. The van der Waals surface area contributed by atoms with Crippen molar-refractivity contribution in [3.63, 3.8) is 0 Å². The van der Waals surface area contributed by atoms with E-state index in [1.165, 1.54) is 0 Å². The van der Waals surface area contributed by atoms with Crippen LogP contribution >= 0.6 is 0 Å². The Bertz CT molecular complexity index is 3360. The lowest BCUT2D eigenvalue weighted by Crippen LogP contribution is -2.12. The quantitative estimate of drug-likeness (QED) is 0.0172. The van der Waals surface area contributed by atoms with Crippen molar-refractivity contribution in [2.75, 3.05) is 9.91 Å². The summed E-state index contributed by atoms with van der Waals surface area (Å²) in [5.41, 5.74) is 10.8. The largest absolute Gasteiger partial charge is 0.423 e. The van der Waals surface area contributed by atoms with E-state index in [1.54, 1.807) is 48.5 Å². The summed E-state index contributed by atoms with van der Waals surface area (Å²) in [4.78, 5) is 50.0. The number of hydrogen-bond acceptors (Lipinski definition) is 11. The van der Waals surface area contributed by atoms with Crippen molar-refractivity contribution in [1.82, 2.24) is 0 Å². The number of anilines is 5. The van der Waals surface area contributed by atoms with Gasteiger partial charge in [-0.2, -0.15) is 9.99 Å². The second kappa shape index (κ2) is 25.0. The number of nitrogens with zero attached hydrogens (tertiary/aromatic N) is 3. The second-order valence-electron chi connectivity index (χ2n) is 17.3. The van der Waals surface area contributed by atoms with Crippen LogP contribution in [0.4, 0.5) is 28.4 Å². The fourth-order valence-electron chi connectivity index (χ4n) is 8.00. The standard InChI is InChI=1S/C65H51N3O8/c1-3-63(69)73-59-35-19-47(20-36-59)43-49-23-39-61(40-24-49)75-65(71)53-27-33-56(34-28-53)67(54-29-15-51(16-30-54)45-66-68(57-11-7-5-8-12-57)58-13-9-6-10-14-58)55-31-17-52(18-32-55)46-72-76-62-41-25-50(26-42-62)44-48-21-37-60(38-22-48)74-64(70)4-2/h3-42,45H,1-2,43-44,46H2. The smallest absolute Gasteiger partial charge is 0.343 e. The first-order chi connectivity index (χ1) is 37.2. The molecule has 0 aliphatic heterocycles. The highest BCUT2D eigenvalue weighted by molar-refractivity contribution is 5.92. The van der Waals surface area contributed by atoms with E-state index in [9.17, 15) is 14.4 Å². The van der Waals surface area contributed by atoms with E-state index in [2.05, 4.69) is 18.1 Å². The molecule has 11 nitrogen and oxygen atoms in total. The lowest BCUT2D eigenvalue weighted by molar-refractivity contribution is -0.217. The topological polar surface area (TPSA) is 116 Å². The molecule has 0 saturated carbocycles. The minimum Gasteiger partial charge on any atom is -0.423 e. The summed E-state index contributed by atoms with van der Waals surface area (Å²) in [7, 11) is 0. The van der Waals surface area contributed by atoms with Gasteiger partial charge < -0.3 is 24.0 Å². The van der Waals surface area contributed by atoms with E-state index in [0.717, 1.165) is 74.0 Å². The third-order valence-electron chi connectivity index (χ3n) is 11.9. The molecular formula is C65H51N3O8. The molecule has 0 amide bonds. The zero-order valence-electron chi connectivity index (χ0n) is 41.3. The Balaban J connectivity index is 0.872. The Labute approximate surface area is 441 Å². The summed E-state index contributed by atoms with van der Waals surface area (Å²) in [6.45, 7) is 7.06. The van der Waals surface area contributed by atoms with Gasteiger partial charge in [-0.3, -0.25) is 0 Å². The molecule has 0 unspecified atom stereocenters. The van der Waals surface area contributed by atoms with Crippen LogP contribution in [0, 0.1) is 0 Å². The highest BCUT2D eigenvalue weighted by atomic mass is 17.2. The minimum atomic E-state index is -0.512. The molecule has 9 aromatic rings. The van der Waals surface area contributed by atoms with Crippen LogP contribution in [0.15, 0.2) is 261 Å². The van der Waals surface area contributed by atoms with Crippen LogP contribution in [0.3, 0.4) is 0 Å². The number of rotatable bonds is 21. The maximum absolute atomic E-state index is 13.5. The van der Waals surface area contributed by atoms with Crippen LogP contribution in [0.5, 0.6) is 23.0 Å². The van der Waals surface area contributed by atoms with Gasteiger partial charge in [-0.15, -0.1) is 0 Å². The van der Waals surface area contributed by atoms with Gasteiger partial charge in [0.1, 0.15) is 23.9 Å². The van der Waals surface area contributed by atoms with Crippen molar-refractivity contribution in [2.45, 2.75) is 19.4 Å². The Hall–Kier alpha value is -10.1. The van der Waals surface area contributed by atoms with Crippen LogP contribution in [-0.4, -0.2) is 24.1 Å². The van der Waals surface area contributed by atoms with Crippen molar-refractivity contribution < 1.29 is 38.4 Å². The van der Waals surface area contributed by atoms with Gasteiger partial charge in [-0.1, -0.05) is 122 Å². The molecule has 0 saturated heterocycles. The fourth-order valence-corrected chi connectivity index (χ4v) is 8.00. The summed E-state index contributed by atoms with van der Waals surface area (Å²) in [5, 5.41) is 6.80. The molecule has 9 rings (SSSR count). The Morgan fingerprint density at radius 1 is 0.408 bits per heavy atom. The molecule has 0 aliphatic rings. The fraction of sp³-hybridized carbons (Fsp3) is 0.0462. The number of carbonyl (C=O) groups is 3. The molecule has 0 N–H and O–H groups in total. The van der Waals surface area contributed by atoms with Gasteiger partial charge in [0, 0.05) is 29.2 Å². The second-order valence-corrected chi connectivity index (χ2v) is 17.3. The SMILES string of the molecule is C=CC(=O)Oc1ccc(Cc2ccc(OOCc3ccc(N(c4ccc(C=NN(c5ccccc5)c5ccccc5)cc4)c4ccc(C(=O)Oc5ccc(Cc6ccc(OC(=O)C=C)cc6)cc5)cc4)cc3)cc2)cc1. The number of carbonyl (C=O) groups excluding carboxylic acids is 3. The molecule has 0 fully saturated rings. The zero-order chi connectivity index (χ0) is 52.5. The number of hydrazone groups is 1. The monoisotopic (exact) mass is 1000 g/mol. The van der Waals surface area contributed by atoms with Crippen molar-refractivity contribution in [1.29, 1.82) is 0 Å². The molecule has 0 heterocycles. The molecule has 0 radical (unpaired) electrons. The summed E-state index contributed by atoms with van der Waals surface area (Å²) < 4.78 is 16.2. The summed E-state index contributed by atoms with van der Waals surface area (Å²) in [6.07, 6.45) is 5.42. The maximum atomic E-state index is 13.5. The van der Waals surface area contributed by atoms with Crippen LogP contribution in [0.1, 0.15) is 43.7 Å². The van der Waals surface area contributed by atoms with Gasteiger partial charge in [0.05, 0.1) is 23.2 Å². The third kappa shape index (κ3) is 13.9. The van der Waals surface area contributed by atoms with Crippen molar-refractivity contribution >= 4 is 52.6 Å². The molecule has 0 aliphatic carbocycles. The van der Waals surface area contributed by atoms with Gasteiger partial charge in [-0.05, 0) is 168 Å². The average Bonchev–Trinajstić information content (AvgIpc) is 3.47. The van der Waals surface area contributed by atoms with Crippen molar-refractivity contribution in [3.05, 3.63) is 295 Å². The van der Waals surface area contributed by atoms with Gasteiger partial charge in [-0.25, -0.2) is 19.4 Å². The molecule has 374 valence electrons. The zero-order valence-corrected chi connectivity index (χ0v) is 41.3. The number of ether oxygens (including phenoxy) is 3. The Kier molecular flexibility index (Phi) is 16.7. The van der Waals surface area contributed by atoms with Crippen molar-refractivity contribution in [3.8, 4) is 23.0 Å². The number of para-hydroxylation sites is 2. The number of hydrogen-bond donors (Lipinski definition) is 0. The predicted octanol–water partition coefficient (Wildman–Crippen LogP) is 14.4. The molecule has 76 heavy (non-hydrogen) atoms. The van der Waals surface area contributed by atoms with Crippen molar-refractivity contribution in [2.24, 2.45) is 5.10 Å². The molecule has 0 bridgehead atoms. The first-order valence-corrected chi connectivity index (χ1v) is 24.3. The molecular weight excluding hydrogens is 951 g/mol. The van der Waals surface area contributed by atoms with Crippen LogP contribution in [-0.2, 0) is 33.9 Å². The Morgan fingerprint density at radius 2 is 0.789 bits per heavy atom. The van der Waals surface area contributed by atoms with Gasteiger partial charge >= 0.3 is 17.9 Å². The van der Waals surface area contributed by atoms with E-state index < -0.39 is 17.9 Å². The average molecular weight is 1000 g/mol. The number of esters is 3. The van der Waals surface area contributed by atoms with Crippen LogP contribution in [0.25, 0.3) is 0 Å². The summed E-state index contributed by atoms with van der Waals surface area (Å²) in [6, 6.07) is 73.1. The van der Waals surface area contributed by atoms with Crippen LogP contribution < -0.4 is 29.0 Å². The highest BCUT2D eigenvalue weighted by Crippen LogP contribution is 2.35. The van der Waals surface area contributed by atoms with E-state index >= 15 is 0 Å². The van der Waals surface area contributed by atoms with E-state index in [0.29, 0.717) is 41.4 Å². The van der Waals surface area contributed by atoms with E-state index in [1.807, 2.05) is 193 Å². The number of benzene rings is 9. The normalized spacial score (nSPS) is 10.8. The van der Waals surface area contributed by atoms with Gasteiger partial charge in [0.15, 0.2) is 5.75 Å². The minimum absolute atomic E-state index is 0.200. The van der Waals surface area contributed by atoms with Crippen LogP contribution in [0.2, 0.25) is 0 Å². The first-order valence-electron chi connectivity index (χ1n) is 24.3. The first kappa shape index (κ1) is 50.8. The van der Waals surface area contributed by atoms with E-state index in [4.69, 9.17) is 29.1 Å². The summed E-state index contributed by atoms with van der Waals surface area (Å²) >= 11 is 0. The molecule has 0 spiro atoms. The lowest BCUT2D eigenvalue weighted by Gasteiger charge is -2.26. The molecule has 0 aromatic heterocycles. The van der Waals surface area contributed by atoms with E-state index in [-0.39, 0.29) is 6.61 Å². The maximum Gasteiger partial charge on any atom is 0.343 e. The van der Waals surface area contributed by atoms with Gasteiger partial charge in [0.2, 0.25) is 0 Å². The molecule has 0 atom stereocenters. The molecule has 9 aromatic carbocycles. The molecule has 11 heteroatoms. The lowest BCUT2D eigenvalue weighted by atomic mass is 10.0. The Morgan fingerprint density at radius 3 is 1.22 bits per heavy atom. The third-order valence-corrected chi connectivity index (χ3v) is 11.9. The van der Waals surface area contributed by atoms with Gasteiger partial charge in [0.25, 0.3) is 0 Å². The summed E-state index contributed by atoms with van der Waals surface area (Å²) in [5.74, 6) is 0.395.